The second kappa shape index (κ2) is 25.1. The average Bonchev–Trinajstić information content (AvgIpc) is 3.03. The van der Waals surface area contributed by atoms with Crippen LogP contribution in [0.1, 0.15) is 174 Å². The molecule has 0 aliphatic heterocycles. The zero-order valence-corrected chi connectivity index (χ0v) is 28.2. The summed E-state index contributed by atoms with van der Waals surface area (Å²) in [7, 11) is 0. The second-order valence-corrected chi connectivity index (χ2v) is 12.6. The fraction of sp³-hybridized carbons (Fsp3) is 0.675. The van der Waals surface area contributed by atoms with Crippen molar-refractivity contribution in [1.82, 2.24) is 0 Å². The Hall–Kier alpha value is -2.29. The van der Waals surface area contributed by atoms with E-state index >= 15 is 0 Å². The first kappa shape index (κ1) is 36.9. The number of rotatable bonds is 27. The lowest BCUT2D eigenvalue weighted by Crippen LogP contribution is -2.08. The third-order valence-corrected chi connectivity index (χ3v) is 8.63. The Bertz CT molecular complexity index is 918. The van der Waals surface area contributed by atoms with Crippen LogP contribution in [-0.2, 0) is 9.53 Å². The minimum Gasteiger partial charge on any atom is -0.494 e. The van der Waals surface area contributed by atoms with Gasteiger partial charge in [0.05, 0.1) is 6.61 Å². The van der Waals surface area contributed by atoms with Gasteiger partial charge >= 0.3 is 5.97 Å². The molecule has 2 rings (SSSR count). The highest BCUT2D eigenvalue weighted by Gasteiger charge is 2.12. The molecule has 0 aromatic heterocycles. The summed E-state index contributed by atoms with van der Waals surface area (Å²) in [5.41, 5.74) is 3.36. The van der Waals surface area contributed by atoms with Gasteiger partial charge < -0.3 is 9.47 Å². The van der Waals surface area contributed by atoms with Gasteiger partial charge in [0.25, 0.3) is 0 Å². The normalized spacial score (nSPS) is 11.9. The van der Waals surface area contributed by atoms with Crippen LogP contribution in [0.25, 0.3) is 11.1 Å². The van der Waals surface area contributed by atoms with Gasteiger partial charge in [-0.25, -0.2) is 0 Å². The molecule has 1 unspecified atom stereocenters. The highest BCUT2D eigenvalue weighted by Crippen LogP contribution is 2.26. The maximum absolute atomic E-state index is 12.4. The van der Waals surface area contributed by atoms with E-state index < -0.39 is 0 Å². The van der Waals surface area contributed by atoms with E-state index in [0.717, 1.165) is 42.7 Å². The molecular formula is C40H64O3. The van der Waals surface area contributed by atoms with Crippen molar-refractivity contribution in [2.75, 3.05) is 6.61 Å². The lowest BCUT2D eigenvalue weighted by atomic mass is 10.0. The van der Waals surface area contributed by atoms with Crippen LogP contribution in [0.5, 0.6) is 5.75 Å². The molecule has 43 heavy (non-hydrogen) atoms. The molecule has 0 heterocycles. The average molecular weight is 593 g/mol. The van der Waals surface area contributed by atoms with Crippen LogP contribution in [0.4, 0.5) is 0 Å². The highest BCUT2D eigenvalue weighted by molar-refractivity contribution is 5.70. The number of benzene rings is 2. The van der Waals surface area contributed by atoms with Crippen molar-refractivity contribution >= 4 is 5.97 Å². The van der Waals surface area contributed by atoms with Gasteiger partial charge in [0.15, 0.2) is 0 Å². The van der Waals surface area contributed by atoms with Gasteiger partial charge in [0.1, 0.15) is 11.9 Å². The van der Waals surface area contributed by atoms with Crippen LogP contribution in [0.2, 0.25) is 0 Å². The molecule has 0 saturated heterocycles. The van der Waals surface area contributed by atoms with E-state index in [1.807, 2.05) is 6.92 Å². The summed E-state index contributed by atoms with van der Waals surface area (Å²) in [6.07, 6.45) is 27.8. The van der Waals surface area contributed by atoms with Crippen molar-refractivity contribution in [2.45, 2.75) is 168 Å². The zero-order valence-electron chi connectivity index (χ0n) is 28.2. The molecule has 0 radical (unpaired) electrons. The van der Waals surface area contributed by atoms with Gasteiger partial charge in [-0.1, -0.05) is 172 Å². The van der Waals surface area contributed by atoms with Gasteiger partial charge in [-0.15, -0.1) is 0 Å². The Morgan fingerprint density at radius 1 is 0.535 bits per heavy atom. The Morgan fingerprint density at radius 3 is 1.40 bits per heavy atom. The van der Waals surface area contributed by atoms with E-state index in [2.05, 4.69) is 62.4 Å². The van der Waals surface area contributed by atoms with Crippen molar-refractivity contribution in [3.8, 4) is 16.9 Å². The molecule has 0 aliphatic carbocycles. The third kappa shape index (κ3) is 18.2. The Balaban J connectivity index is 1.56. The number of ether oxygens (including phenoxy) is 2. The van der Waals surface area contributed by atoms with Gasteiger partial charge in [0.2, 0.25) is 0 Å². The van der Waals surface area contributed by atoms with E-state index in [1.54, 1.807) is 0 Å². The van der Waals surface area contributed by atoms with Gasteiger partial charge in [-0.05, 0) is 48.6 Å². The second-order valence-electron chi connectivity index (χ2n) is 12.6. The molecule has 0 amide bonds. The monoisotopic (exact) mass is 592 g/mol. The number of carbonyl (C=O) groups excluding carboxylic acids is 1. The van der Waals surface area contributed by atoms with Gasteiger partial charge in [-0.2, -0.15) is 0 Å². The molecule has 242 valence electrons. The van der Waals surface area contributed by atoms with Gasteiger partial charge in [-0.3, -0.25) is 4.79 Å². The smallest absolute Gasteiger partial charge is 0.306 e. The summed E-state index contributed by atoms with van der Waals surface area (Å²) in [4.78, 5) is 12.4. The molecule has 2 aromatic rings. The van der Waals surface area contributed by atoms with E-state index in [9.17, 15) is 4.79 Å². The van der Waals surface area contributed by atoms with Crippen LogP contribution in [0, 0.1) is 0 Å². The van der Waals surface area contributed by atoms with E-state index in [-0.39, 0.29) is 12.1 Å². The summed E-state index contributed by atoms with van der Waals surface area (Å²) >= 11 is 0. The van der Waals surface area contributed by atoms with Crippen molar-refractivity contribution in [3.63, 3.8) is 0 Å². The van der Waals surface area contributed by atoms with Crippen LogP contribution in [0.3, 0.4) is 0 Å². The Kier molecular flexibility index (Phi) is 21.5. The molecule has 0 fully saturated rings. The largest absolute Gasteiger partial charge is 0.494 e. The fourth-order valence-electron chi connectivity index (χ4n) is 5.73. The summed E-state index contributed by atoms with van der Waals surface area (Å²) < 4.78 is 11.7. The Morgan fingerprint density at radius 2 is 0.930 bits per heavy atom. The molecule has 2 aromatic carbocycles. The number of esters is 1. The van der Waals surface area contributed by atoms with E-state index in [1.165, 1.54) is 121 Å². The van der Waals surface area contributed by atoms with E-state index in [4.69, 9.17) is 9.47 Å². The summed E-state index contributed by atoms with van der Waals surface area (Å²) in [5.74, 6) is 0.857. The van der Waals surface area contributed by atoms with Crippen molar-refractivity contribution in [1.29, 1.82) is 0 Å². The number of hydrogen-bond acceptors (Lipinski definition) is 3. The SMILES string of the molecule is CCCCCCCCCCCCCOc1ccc(-c2ccc(C(C)OC(=O)CCCCCCCCCCCC)cc2)cc1. The zero-order chi connectivity index (χ0) is 30.8. The number of unbranched alkanes of at least 4 members (excludes halogenated alkanes) is 19. The fourth-order valence-corrected chi connectivity index (χ4v) is 5.73. The molecule has 0 aliphatic rings. The van der Waals surface area contributed by atoms with Gasteiger partial charge in [0, 0.05) is 6.42 Å². The maximum Gasteiger partial charge on any atom is 0.306 e. The minimum absolute atomic E-state index is 0.0834. The molecule has 0 spiro atoms. The first-order chi connectivity index (χ1) is 21.1. The first-order valence-electron chi connectivity index (χ1n) is 18.2. The van der Waals surface area contributed by atoms with Crippen molar-refractivity contribution in [3.05, 3.63) is 54.1 Å². The minimum atomic E-state index is -0.226. The molecule has 3 nitrogen and oxygen atoms in total. The summed E-state index contributed by atoms with van der Waals surface area (Å²) in [6, 6.07) is 16.8. The van der Waals surface area contributed by atoms with Crippen molar-refractivity contribution < 1.29 is 14.3 Å². The molecule has 0 N–H and O–H groups in total. The third-order valence-electron chi connectivity index (χ3n) is 8.63. The molecule has 1 atom stereocenters. The van der Waals surface area contributed by atoms with Crippen LogP contribution < -0.4 is 4.74 Å². The molecule has 0 saturated carbocycles. The molecule has 0 bridgehead atoms. The lowest BCUT2D eigenvalue weighted by Gasteiger charge is -2.14. The van der Waals surface area contributed by atoms with Crippen molar-refractivity contribution in [2.24, 2.45) is 0 Å². The predicted molar refractivity (Wildman–Crippen MR) is 185 cm³/mol. The predicted octanol–water partition coefficient (Wildman–Crippen LogP) is 13.0. The summed E-state index contributed by atoms with van der Waals surface area (Å²) in [6.45, 7) is 7.30. The quantitative estimate of drug-likeness (QED) is 0.0764. The molecular weight excluding hydrogens is 528 g/mol. The maximum atomic E-state index is 12.4. The molecule has 3 heteroatoms. The van der Waals surface area contributed by atoms with Crippen LogP contribution >= 0.6 is 0 Å². The summed E-state index contributed by atoms with van der Waals surface area (Å²) in [5, 5.41) is 0. The number of carbonyl (C=O) groups is 1. The number of hydrogen-bond donors (Lipinski definition) is 0. The highest BCUT2D eigenvalue weighted by atomic mass is 16.5. The van der Waals surface area contributed by atoms with Crippen LogP contribution in [0.15, 0.2) is 48.5 Å². The lowest BCUT2D eigenvalue weighted by molar-refractivity contribution is -0.148. The van der Waals surface area contributed by atoms with Crippen LogP contribution in [-0.4, -0.2) is 12.6 Å². The Labute approximate surface area is 265 Å². The standard InChI is InChI=1S/C40H64O3/c1-4-6-8-10-12-14-16-18-20-22-24-34-42-39-32-30-38(31-33-39)37-28-26-36(27-29-37)35(3)43-40(41)25-23-21-19-17-15-13-11-9-7-5-2/h26-33,35H,4-25,34H2,1-3H3. The first-order valence-corrected chi connectivity index (χ1v) is 18.2. The topological polar surface area (TPSA) is 35.5 Å². The van der Waals surface area contributed by atoms with E-state index in [0.29, 0.717) is 6.42 Å².